The Bertz CT molecular complexity index is 312. The highest BCUT2D eigenvalue weighted by Crippen LogP contribution is 2.29. The fourth-order valence-corrected chi connectivity index (χ4v) is 2.06. The number of nitro groups is 1. The van der Waals surface area contributed by atoms with E-state index in [0.717, 1.165) is 24.1 Å². The summed E-state index contributed by atoms with van der Waals surface area (Å²) in [6.07, 6.45) is 3.06. The first-order chi connectivity index (χ1) is 6.65. The fraction of sp³-hybridized carbons (Fsp3) is 0.556. The number of hydrogen-bond donors (Lipinski definition) is 1. The molecule has 0 bridgehead atoms. The van der Waals surface area contributed by atoms with Crippen LogP contribution >= 0.6 is 11.3 Å². The van der Waals surface area contributed by atoms with E-state index in [4.69, 9.17) is 5.73 Å². The lowest BCUT2D eigenvalue weighted by molar-refractivity contribution is -0.380. The number of rotatable bonds is 5. The van der Waals surface area contributed by atoms with Gasteiger partial charge in [-0.3, -0.25) is 10.1 Å². The van der Waals surface area contributed by atoms with Crippen molar-refractivity contribution < 1.29 is 4.92 Å². The molecule has 1 heterocycles. The van der Waals surface area contributed by atoms with Gasteiger partial charge in [0, 0.05) is 17.0 Å². The molecule has 0 fully saturated rings. The lowest BCUT2D eigenvalue weighted by Gasteiger charge is -2.06. The van der Waals surface area contributed by atoms with E-state index in [2.05, 4.69) is 6.92 Å². The Labute approximate surface area is 86.9 Å². The molecule has 5 heteroatoms. The maximum Gasteiger partial charge on any atom is 0.324 e. The molecule has 1 aromatic rings. The minimum atomic E-state index is -0.374. The van der Waals surface area contributed by atoms with Crippen molar-refractivity contribution in [3.63, 3.8) is 0 Å². The summed E-state index contributed by atoms with van der Waals surface area (Å²) in [4.78, 5) is 11.0. The van der Waals surface area contributed by atoms with Gasteiger partial charge in [-0.05, 0) is 12.5 Å². The molecule has 2 N–H and O–H groups in total. The van der Waals surface area contributed by atoms with Gasteiger partial charge in [-0.2, -0.15) is 0 Å². The maximum atomic E-state index is 10.4. The van der Waals surface area contributed by atoms with E-state index < -0.39 is 0 Å². The molecule has 0 aliphatic rings. The van der Waals surface area contributed by atoms with Crippen molar-refractivity contribution in [2.45, 2.75) is 32.2 Å². The molecule has 4 nitrogen and oxygen atoms in total. The van der Waals surface area contributed by atoms with Crippen molar-refractivity contribution in [3.05, 3.63) is 27.1 Å². The van der Waals surface area contributed by atoms with Gasteiger partial charge in [-0.15, -0.1) is 0 Å². The summed E-state index contributed by atoms with van der Waals surface area (Å²) < 4.78 is 0. The molecule has 14 heavy (non-hydrogen) atoms. The van der Waals surface area contributed by atoms with Crippen LogP contribution in [0.25, 0.3) is 0 Å². The highest BCUT2D eigenvalue weighted by molar-refractivity contribution is 7.15. The first-order valence-corrected chi connectivity index (χ1v) is 5.46. The van der Waals surface area contributed by atoms with Crippen LogP contribution in [0, 0.1) is 10.1 Å². The zero-order chi connectivity index (χ0) is 10.6. The van der Waals surface area contributed by atoms with Gasteiger partial charge >= 0.3 is 5.00 Å². The lowest BCUT2D eigenvalue weighted by atomic mass is 10.1. The normalized spacial score (nSPS) is 12.7. The summed E-state index contributed by atoms with van der Waals surface area (Å²) in [5.41, 5.74) is 5.88. The summed E-state index contributed by atoms with van der Waals surface area (Å²) in [6, 6.07) is 3.23. The molecular formula is C9H14N2O2S. The first kappa shape index (κ1) is 11.1. The van der Waals surface area contributed by atoms with Crippen molar-refractivity contribution in [1.82, 2.24) is 0 Å². The number of unbranched alkanes of at least 4 members (excludes halogenated alkanes) is 1. The second-order valence-corrected chi connectivity index (χ2v) is 4.28. The Morgan fingerprint density at radius 2 is 2.36 bits per heavy atom. The first-order valence-electron chi connectivity index (χ1n) is 4.65. The average Bonchev–Trinajstić information content (AvgIpc) is 2.62. The van der Waals surface area contributed by atoms with E-state index in [1.165, 1.54) is 17.4 Å². The van der Waals surface area contributed by atoms with Crippen LogP contribution in [0.4, 0.5) is 5.00 Å². The van der Waals surface area contributed by atoms with E-state index in [-0.39, 0.29) is 16.0 Å². The molecule has 1 atom stereocenters. The van der Waals surface area contributed by atoms with Crippen LogP contribution in [-0.2, 0) is 0 Å². The standard InChI is InChI=1S/C9H14N2O2S/c1-2-3-4-7(10)8-5-6-9(14-8)11(12)13/h5-7H,2-4,10H2,1H3/t7-/m1/s1. The second kappa shape index (κ2) is 5.07. The average molecular weight is 214 g/mol. The van der Waals surface area contributed by atoms with E-state index in [9.17, 15) is 10.1 Å². The lowest BCUT2D eigenvalue weighted by Crippen LogP contribution is -2.07. The monoisotopic (exact) mass is 214 g/mol. The van der Waals surface area contributed by atoms with Crippen molar-refractivity contribution in [2.75, 3.05) is 0 Å². The van der Waals surface area contributed by atoms with Gasteiger partial charge in [0.25, 0.3) is 0 Å². The molecule has 0 aromatic carbocycles. The van der Waals surface area contributed by atoms with Crippen LogP contribution in [0.1, 0.15) is 37.1 Å². The number of nitrogens with two attached hydrogens (primary N) is 1. The van der Waals surface area contributed by atoms with Crippen LogP contribution in [0.5, 0.6) is 0 Å². The Kier molecular flexibility index (Phi) is 4.03. The van der Waals surface area contributed by atoms with Crippen molar-refractivity contribution in [3.8, 4) is 0 Å². The van der Waals surface area contributed by atoms with Gasteiger partial charge in [0.2, 0.25) is 0 Å². The van der Waals surface area contributed by atoms with Crippen molar-refractivity contribution >= 4 is 16.3 Å². The highest BCUT2D eigenvalue weighted by Gasteiger charge is 2.14. The highest BCUT2D eigenvalue weighted by atomic mass is 32.1. The van der Waals surface area contributed by atoms with E-state index in [0.29, 0.717) is 0 Å². The van der Waals surface area contributed by atoms with Gasteiger partial charge in [0.05, 0.1) is 4.92 Å². The van der Waals surface area contributed by atoms with Gasteiger partial charge in [-0.25, -0.2) is 0 Å². The summed E-state index contributed by atoms with van der Waals surface area (Å²) in [7, 11) is 0. The molecule has 0 amide bonds. The predicted octanol–water partition coefficient (Wildman–Crippen LogP) is 2.85. The van der Waals surface area contributed by atoms with Crippen molar-refractivity contribution in [2.24, 2.45) is 5.73 Å². The molecule has 1 rings (SSSR count). The molecule has 0 aliphatic heterocycles. The molecule has 0 aliphatic carbocycles. The topological polar surface area (TPSA) is 69.2 Å². The second-order valence-electron chi connectivity index (χ2n) is 3.18. The summed E-state index contributed by atoms with van der Waals surface area (Å²) in [5.74, 6) is 0. The Balaban J connectivity index is 2.61. The van der Waals surface area contributed by atoms with E-state index >= 15 is 0 Å². The van der Waals surface area contributed by atoms with Crippen LogP contribution in [0.2, 0.25) is 0 Å². The smallest absolute Gasteiger partial charge is 0.323 e. The van der Waals surface area contributed by atoms with E-state index in [1.54, 1.807) is 6.07 Å². The van der Waals surface area contributed by atoms with Gasteiger partial charge < -0.3 is 5.73 Å². The Morgan fingerprint density at radius 3 is 2.86 bits per heavy atom. The van der Waals surface area contributed by atoms with E-state index in [1.807, 2.05) is 0 Å². The Morgan fingerprint density at radius 1 is 1.64 bits per heavy atom. The summed E-state index contributed by atoms with van der Waals surface area (Å²) in [6.45, 7) is 2.10. The number of nitrogens with zero attached hydrogens (tertiary/aromatic N) is 1. The molecular weight excluding hydrogens is 200 g/mol. The molecule has 78 valence electrons. The number of thiophene rings is 1. The van der Waals surface area contributed by atoms with Gasteiger partial charge in [0.1, 0.15) is 0 Å². The maximum absolute atomic E-state index is 10.4. The van der Waals surface area contributed by atoms with Crippen LogP contribution in [-0.4, -0.2) is 4.92 Å². The third-order valence-corrected chi connectivity index (χ3v) is 3.20. The summed E-state index contributed by atoms with van der Waals surface area (Å²) >= 11 is 1.18. The van der Waals surface area contributed by atoms with Gasteiger partial charge in [-0.1, -0.05) is 31.1 Å². The van der Waals surface area contributed by atoms with Crippen LogP contribution < -0.4 is 5.73 Å². The van der Waals surface area contributed by atoms with Crippen molar-refractivity contribution in [1.29, 1.82) is 0 Å². The molecule has 0 radical (unpaired) electrons. The summed E-state index contributed by atoms with van der Waals surface area (Å²) in [5, 5.41) is 10.6. The third-order valence-electron chi connectivity index (χ3n) is 2.03. The molecule has 0 spiro atoms. The Hall–Kier alpha value is -0.940. The zero-order valence-corrected chi connectivity index (χ0v) is 8.92. The quantitative estimate of drug-likeness (QED) is 0.605. The SMILES string of the molecule is CCCC[C@@H](N)c1ccc([N+](=O)[O-])s1. The van der Waals surface area contributed by atoms with Crippen LogP contribution in [0.15, 0.2) is 12.1 Å². The fourth-order valence-electron chi connectivity index (χ4n) is 1.21. The minimum absolute atomic E-state index is 0.0475. The molecule has 0 saturated heterocycles. The molecule has 1 aromatic heterocycles. The van der Waals surface area contributed by atoms with Gasteiger partial charge in [0.15, 0.2) is 0 Å². The molecule has 0 unspecified atom stereocenters. The zero-order valence-electron chi connectivity index (χ0n) is 8.10. The molecule has 0 saturated carbocycles. The van der Waals surface area contributed by atoms with Crippen LogP contribution in [0.3, 0.4) is 0 Å². The largest absolute Gasteiger partial charge is 0.324 e. The predicted molar refractivity (Wildman–Crippen MR) is 57.4 cm³/mol. The number of hydrogen-bond acceptors (Lipinski definition) is 4. The minimum Gasteiger partial charge on any atom is -0.323 e. The third kappa shape index (κ3) is 2.78.